The Balaban J connectivity index is 1.39. The molecule has 3 aromatic rings. The van der Waals surface area contributed by atoms with Crippen LogP contribution in [-0.4, -0.2) is 44.3 Å². The second-order valence-corrected chi connectivity index (χ2v) is 6.64. The lowest BCUT2D eigenvalue weighted by molar-refractivity contribution is 0.0786. The molecule has 1 saturated heterocycles. The summed E-state index contributed by atoms with van der Waals surface area (Å²) in [5.74, 6) is 0.708. The molecule has 0 spiro atoms. The zero-order chi connectivity index (χ0) is 17.1. The van der Waals surface area contributed by atoms with Crippen LogP contribution < -0.4 is 5.32 Å². The molecule has 126 valence electrons. The number of nitrogens with one attached hydrogen (secondary N) is 1. The van der Waals surface area contributed by atoms with Gasteiger partial charge in [0, 0.05) is 42.4 Å². The van der Waals surface area contributed by atoms with E-state index in [2.05, 4.69) is 19.7 Å². The van der Waals surface area contributed by atoms with Gasteiger partial charge in [-0.1, -0.05) is 36.4 Å². The molecule has 3 heterocycles. The molecule has 1 unspecified atom stereocenters. The molecule has 0 saturated carbocycles. The summed E-state index contributed by atoms with van der Waals surface area (Å²) in [6.07, 6.45) is 2.53. The number of carbonyl (C=O) groups is 1. The molecule has 1 aliphatic rings. The normalized spacial score (nSPS) is 16.8. The van der Waals surface area contributed by atoms with Crippen molar-refractivity contribution < 1.29 is 4.79 Å². The number of likely N-dealkylation sites (tertiary alicyclic amines) is 1. The molecule has 4 rings (SSSR count). The number of hydrogen-bond acceptors (Lipinski definition) is 6. The van der Waals surface area contributed by atoms with Crippen LogP contribution in [0.25, 0.3) is 11.4 Å². The van der Waals surface area contributed by atoms with Crippen molar-refractivity contribution in [1.82, 2.24) is 19.2 Å². The van der Waals surface area contributed by atoms with Gasteiger partial charge >= 0.3 is 0 Å². The lowest BCUT2D eigenvalue weighted by Gasteiger charge is -2.16. The highest BCUT2D eigenvalue weighted by Gasteiger charge is 2.28. The SMILES string of the molecule is O=C(c1ccccn1)N1CCC(Nc2nc(-c3ccccc3)ns2)C1. The van der Waals surface area contributed by atoms with E-state index in [-0.39, 0.29) is 11.9 Å². The van der Waals surface area contributed by atoms with Crippen molar-refractivity contribution in [2.24, 2.45) is 0 Å². The van der Waals surface area contributed by atoms with Crippen molar-refractivity contribution in [1.29, 1.82) is 0 Å². The minimum absolute atomic E-state index is 0.0212. The molecule has 1 amide bonds. The molecule has 1 atom stereocenters. The van der Waals surface area contributed by atoms with Gasteiger partial charge < -0.3 is 10.2 Å². The van der Waals surface area contributed by atoms with Crippen molar-refractivity contribution in [3.8, 4) is 11.4 Å². The van der Waals surface area contributed by atoms with Gasteiger partial charge in [0.1, 0.15) is 5.69 Å². The topological polar surface area (TPSA) is 71.0 Å². The smallest absolute Gasteiger partial charge is 0.272 e. The fraction of sp³-hybridized carbons (Fsp3) is 0.222. The van der Waals surface area contributed by atoms with E-state index in [9.17, 15) is 4.79 Å². The minimum atomic E-state index is -0.0212. The first-order chi connectivity index (χ1) is 12.3. The highest BCUT2D eigenvalue weighted by Crippen LogP contribution is 2.23. The number of rotatable bonds is 4. The highest BCUT2D eigenvalue weighted by atomic mass is 32.1. The van der Waals surface area contributed by atoms with Crippen LogP contribution in [0.3, 0.4) is 0 Å². The van der Waals surface area contributed by atoms with Crippen molar-refractivity contribution in [2.45, 2.75) is 12.5 Å². The summed E-state index contributed by atoms with van der Waals surface area (Å²) in [5, 5.41) is 4.19. The van der Waals surface area contributed by atoms with E-state index < -0.39 is 0 Å². The maximum Gasteiger partial charge on any atom is 0.272 e. The van der Waals surface area contributed by atoms with Gasteiger partial charge in [-0.3, -0.25) is 9.78 Å². The largest absolute Gasteiger partial charge is 0.356 e. The van der Waals surface area contributed by atoms with Crippen molar-refractivity contribution in [3.63, 3.8) is 0 Å². The summed E-state index contributed by atoms with van der Waals surface area (Å²) in [5.41, 5.74) is 1.50. The maximum absolute atomic E-state index is 12.4. The average Bonchev–Trinajstić information content (AvgIpc) is 3.33. The van der Waals surface area contributed by atoms with E-state index in [1.807, 2.05) is 47.4 Å². The molecule has 0 aliphatic carbocycles. The van der Waals surface area contributed by atoms with Crippen LogP contribution >= 0.6 is 11.5 Å². The van der Waals surface area contributed by atoms with E-state index in [1.54, 1.807) is 12.3 Å². The molecule has 0 radical (unpaired) electrons. The molecule has 1 aromatic carbocycles. The van der Waals surface area contributed by atoms with E-state index in [0.717, 1.165) is 29.5 Å². The van der Waals surface area contributed by atoms with Crippen LogP contribution in [0, 0.1) is 0 Å². The van der Waals surface area contributed by atoms with Crippen molar-refractivity contribution in [3.05, 3.63) is 60.4 Å². The zero-order valence-corrected chi connectivity index (χ0v) is 14.3. The summed E-state index contributed by atoms with van der Waals surface area (Å²) in [6.45, 7) is 1.37. The van der Waals surface area contributed by atoms with Gasteiger partial charge in [-0.2, -0.15) is 9.36 Å². The Morgan fingerprint density at radius 3 is 2.80 bits per heavy atom. The Hall–Kier alpha value is -2.80. The van der Waals surface area contributed by atoms with Crippen molar-refractivity contribution in [2.75, 3.05) is 18.4 Å². The van der Waals surface area contributed by atoms with E-state index in [0.29, 0.717) is 12.2 Å². The second-order valence-electron chi connectivity index (χ2n) is 5.89. The average molecular weight is 351 g/mol. The van der Waals surface area contributed by atoms with E-state index in [4.69, 9.17) is 0 Å². The molecule has 2 aromatic heterocycles. The molecule has 1 fully saturated rings. The van der Waals surface area contributed by atoms with Gasteiger partial charge in [0.25, 0.3) is 5.91 Å². The fourth-order valence-electron chi connectivity index (χ4n) is 2.88. The summed E-state index contributed by atoms with van der Waals surface area (Å²) >= 11 is 1.35. The lowest BCUT2D eigenvalue weighted by atomic mass is 10.2. The zero-order valence-electron chi connectivity index (χ0n) is 13.5. The second kappa shape index (κ2) is 6.98. The molecule has 0 bridgehead atoms. The third kappa shape index (κ3) is 3.51. The molecular formula is C18H17N5OS. The highest BCUT2D eigenvalue weighted by molar-refractivity contribution is 7.09. The van der Waals surface area contributed by atoms with Gasteiger partial charge in [0.05, 0.1) is 0 Å². The van der Waals surface area contributed by atoms with Crippen LogP contribution in [0.1, 0.15) is 16.9 Å². The van der Waals surface area contributed by atoms with Crippen LogP contribution in [0.2, 0.25) is 0 Å². The fourth-order valence-corrected chi connectivity index (χ4v) is 3.54. The summed E-state index contributed by atoms with van der Waals surface area (Å²) in [6, 6.07) is 15.5. The van der Waals surface area contributed by atoms with E-state index >= 15 is 0 Å². The molecule has 7 heteroatoms. The van der Waals surface area contributed by atoms with Crippen LogP contribution in [-0.2, 0) is 0 Å². The maximum atomic E-state index is 12.4. The van der Waals surface area contributed by atoms with Crippen molar-refractivity contribution >= 4 is 22.6 Å². The predicted molar refractivity (Wildman–Crippen MR) is 97.5 cm³/mol. The number of anilines is 1. The third-order valence-electron chi connectivity index (χ3n) is 4.15. The van der Waals surface area contributed by atoms with Crippen LogP contribution in [0.5, 0.6) is 0 Å². The monoisotopic (exact) mass is 351 g/mol. The first-order valence-electron chi connectivity index (χ1n) is 8.15. The van der Waals surface area contributed by atoms with E-state index in [1.165, 1.54) is 11.5 Å². The Kier molecular flexibility index (Phi) is 4.39. The standard InChI is InChI=1S/C18H17N5OS/c24-17(15-8-4-5-10-19-15)23-11-9-14(12-23)20-18-21-16(22-25-18)13-6-2-1-3-7-13/h1-8,10,14H,9,11-12H2,(H,20,21,22). The quantitative estimate of drug-likeness (QED) is 0.782. The van der Waals surface area contributed by atoms with Gasteiger partial charge in [0.2, 0.25) is 5.13 Å². The Labute approximate surface area is 149 Å². The van der Waals surface area contributed by atoms with Gasteiger partial charge in [-0.25, -0.2) is 0 Å². The first kappa shape index (κ1) is 15.7. The lowest BCUT2D eigenvalue weighted by Crippen LogP contribution is -2.32. The molecule has 6 nitrogen and oxygen atoms in total. The number of amides is 1. The number of carbonyl (C=O) groups excluding carboxylic acids is 1. The summed E-state index contributed by atoms with van der Waals surface area (Å²) < 4.78 is 4.41. The Morgan fingerprint density at radius 2 is 2.00 bits per heavy atom. The molecule has 1 aliphatic heterocycles. The number of benzene rings is 1. The molecule has 25 heavy (non-hydrogen) atoms. The van der Waals surface area contributed by atoms with Gasteiger partial charge in [-0.05, 0) is 18.6 Å². The van der Waals surface area contributed by atoms with Gasteiger partial charge in [0.15, 0.2) is 5.82 Å². The Bertz CT molecular complexity index is 852. The number of aromatic nitrogens is 3. The predicted octanol–water partition coefficient (Wildman–Crippen LogP) is 2.93. The Morgan fingerprint density at radius 1 is 1.16 bits per heavy atom. The van der Waals surface area contributed by atoms with Crippen LogP contribution in [0.15, 0.2) is 54.7 Å². The number of pyridine rings is 1. The molecular weight excluding hydrogens is 334 g/mol. The van der Waals surface area contributed by atoms with Crippen LogP contribution in [0.4, 0.5) is 5.13 Å². The van der Waals surface area contributed by atoms with Gasteiger partial charge in [-0.15, -0.1) is 0 Å². The number of hydrogen-bond donors (Lipinski definition) is 1. The summed E-state index contributed by atoms with van der Waals surface area (Å²) in [7, 11) is 0. The minimum Gasteiger partial charge on any atom is -0.356 e. The third-order valence-corrected chi connectivity index (χ3v) is 4.79. The molecule has 1 N–H and O–H groups in total. The first-order valence-corrected chi connectivity index (χ1v) is 8.93. The summed E-state index contributed by atoms with van der Waals surface area (Å²) in [4.78, 5) is 23.0. The number of nitrogens with zero attached hydrogens (tertiary/aromatic N) is 4.